The van der Waals surface area contributed by atoms with E-state index in [9.17, 15) is 23.5 Å². The Bertz CT molecular complexity index is 585. The normalized spacial score (nSPS) is 13.5. The van der Waals surface area contributed by atoms with Crippen LogP contribution in [0.1, 0.15) is 25.3 Å². The van der Waals surface area contributed by atoms with Crippen molar-refractivity contribution in [3.8, 4) is 5.75 Å². The van der Waals surface area contributed by atoms with Gasteiger partial charge in [-0.25, -0.2) is 0 Å². The number of rotatable bonds is 10. The Morgan fingerprint density at radius 1 is 1.21 bits per heavy atom. The van der Waals surface area contributed by atoms with E-state index in [2.05, 4.69) is 0 Å². The average molecular weight is 367 g/mol. The van der Waals surface area contributed by atoms with E-state index in [0.717, 1.165) is 0 Å². The summed E-state index contributed by atoms with van der Waals surface area (Å²) in [6, 6.07) is 5.32. The molecule has 7 nitrogen and oxygen atoms in total. The van der Waals surface area contributed by atoms with Crippen LogP contribution in [0.3, 0.4) is 0 Å². The number of hydrogen-bond acceptors (Lipinski definition) is 6. The zero-order valence-corrected chi connectivity index (χ0v) is 14.5. The van der Waals surface area contributed by atoms with E-state index in [4.69, 9.17) is 13.8 Å². The number of methoxy groups -OCH3 is 1. The second kappa shape index (κ2) is 8.50. The van der Waals surface area contributed by atoms with Gasteiger partial charge in [0.2, 0.25) is 6.54 Å². The van der Waals surface area contributed by atoms with Crippen LogP contribution in [0.5, 0.6) is 5.75 Å². The molecular formula is C14H20F2NO6P. The molecule has 1 aromatic carbocycles. The maximum Gasteiger partial charge on any atom is 0.400 e. The van der Waals surface area contributed by atoms with E-state index >= 15 is 0 Å². The lowest BCUT2D eigenvalue weighted by molar-refractivity contribution is -0.487. The van der Waals surface area contributed by atoms with Gasteiger partial charge in [-0.3, -0.25) is 14.7 Å². The van der Waals surface area contributed by atoms with Crippen molar-refractivity contribution in [1.82, 2.24) is 0 Å². The number of nitro groups is 1. The van der Waals surface area contributed by atoms with Gasteiger partial charge in [0.1, 0.15) is 11.7 Å². The minimum Gasteiger partial charge on any atom is -0.497 e. The summed E-state index contributed by atoms with van der Waals surface area (Å²) >= 11 is 0. The Kier molecular flexibility index (Phi) is 7.26. The number of alkyl halides is 2. The first kappa shape index (κ1) is 20.5. The van der Waals surface area contributed by atoms with Crippen molar-refractivity contribution in [1.29, 1.82) is 0 Å². The number of hydrogen-bond donors (Lipinski definition) is 0. The molecule has 0 bridgehead atoms. The van der Waals surface area contributed by atoms with Gasteiger partial charge < -0.3 is 13.8 Å². The summed E-state index contributed by atoms with van der Waals surface area (Å²) in [6.45, 7) is 1.10. The lowest BCUT2D eigenvalue weighted by Gasteiger charge is -2.30. The third kappa shape index (κ3) is 4.49. The molecule has 0 aliphatic rings. The monoisotopic (exact) mass is 367 g/mol. The fourth-order valence-corrected chi connectivity index (χ4v) is 3.85. The van der Waals surface area contributed by atoms with Crippen molar-refractivity contribution >= 4 is 7.60 Å². The van der Waals surface area contributed by atoms with Gasteiger partial charge in [-0.1, -0.05) is 12.1 Å². The van der Waals surface area contributed by atoms with Crippen molar-refractivity contribution in [3.05, 3.63) is 39.9 Å². The van der Waals surface area contributed by atoms with Crippen LogP contribution in [0.2, 0.25) is 0 Å². The predicted molar refractivity (Wildman–Crippen MR) is 83.4 cm³/mol. The molecule has 1 atom stereocenters. The van der Waals surface area contributed by atoms with Gasteiger partial charge in [0.05, 0.1) is 20.3 Å². The molecule has 0 saturated carbocycles. The van der Waals surface area contributed by atoms with Crippen LogP contribution in [0.15, 0.2) is 24.3 Å². The summed E-state index contributed by atoms with van der Waals surface area (Å²) in [5.74, 6) is -1.57. The smallest absolute Gasteiger partial charge is 0.400 e. The molecule has 0 heterocycles. The summed E-state index contributed by atoms with van der Waals surface area (Å²) in [4.78, 5) is 9.99. The van der Waals surface area contributed by atoms with Gasteiger partial charge in [0.15, 0.2) is 0 Å². The Morgan fingerprint density at radius 3 is 2.08 bits per heavy atom. The Balaban J connectivity index is 3.34. The van der Waals surface area contributed by atoms with Gasteiger partial charge in [-0.15, -0.1) is 0 Å². The van der Waals surface area contributed by atoms with Gasteiger partial charge in [-0.2, -0.15) is 8.78 Å². The average Bonchev–Trinajstić information content (AvgIpc) is 2.53. The van der Waals surface area contributed by atoms with Crippen molar-refractivity contribution < 1.29 is 32.1 Å². The highest BCUT2D eigenvalue weighted by atomic mass is 31.2. The zero-order chi connectivity index (χ0) is 18.4. The first-order valence-electron chi connectivity index (χ1n) is 7.24. The molecule has 0 spiro atoms. The highest BCUT2D eigenvalue weighted by Crippen LogP contribution is 2.66. The molecule has 0 saturated heterocycles. The van der Waals surface area contributed by atoms with Gasteiger partial charge >= 0.3 is 13.3 Å². The standard InChI is InChI=1S/C14H20F2NO6P/c1-4-22-24(20,23-5-2)14(15,16)13(10-17(18)19)11-6-8-12(21-3)9-7-11/h6-9,13H,4-5,10H2,1-3H3/t13-/m0/s1. The van der Waals surface area contributed by atoms with Crippen LogP contribution in [-0.2, 0) is 13.6 Å². The third-order valence-electron chi connectivity index (χ3n) is 3.23. The minimum absolute atomic E-state index is 0.0582. The molecule has 0 unspecified atom stereocenters. The fourth-order valence-electron chi connectivity index (χ4n) is 2.14. The van der Waals surface area contributed by atoms with E-state index in [0.29, 0.717) is 5.75 Å². The van der Waals surface area contributed by atoms with E-state index in [1.165, 1.54) is 45.2 Å². The molecule has 0 aliphatic heterocycles. The third-order valence-corrected chi connectivity index (χ3v) is 5.47. The van der Waals surface area contributed by atoms with Crippen LogP contribution in [0, 0.1) is 10.1 Å². The summed E-state index contributed by atoms with van der Waals surface area (Å²) in [5.41, 5.74) is -4.13. The minimum atomic E-state index is -4.89. The maximum absolute atomic E-state index is 14.9. The van der Waals surface area contributed by atoms with Crippen LogP contribution in [0.25, 0.3) is 0 Å². The maximum atomic E-state index is 14.9. The Labute approximate surface area is 138 Å². The van der Waals surface area contributed by atoms with Gasteiger partial charge in [-0.05, 0) is 31.5 Å². The second-order valence-corrected chi connectivity index (χ2v) is 6.87. The molecule has 1 aromatic rings. The van der Waals surface area contributed by atoms with Crippen LogP contribution in [-0.4, -0.2) is 37.5 Å². The molecule has 0 N–H and O–H groups in total. The summed E-state index contributed by atoms with van der Waals surface area (Å²) < 4.78 is 56.6. The summed E-state index contributed by atoms with van der Waals surface area (Å²) in [7, 11) is -3.49. The van der Waals surface area contributed by atoms with E-state index in [1.807, 2.05) is 0 Å². The van der Waals surface area contributed by atoms with E-state index in [-0.39, 0.29) is 18.8 Å². The molecule has 0 radical (unpaired) electrons. The topological polar surface area (TPSA) is 87.9 Å². The highest BCUT2D eigenvalue weighted by molar-refractivity contribution is 7.55. The number of halogens is 2. The summed E-state index contributed by atoms with van der Waals surface area (Å²) in [5, 5.41) is 10.9. The zero-order valence-electron chi connectivity index (χ0n) is 13.6. The quantitative estimate of drug-likeness (QED) is 0.354. The molecular weight excluding hydrogens is 347 g/mol. The predicted octanol–water partition coefficient (Wildman–Crippen LogP) is 3.91. The largest absolute Gasteiger partial charge is 0.497 e. The van der Waals surface area contributed by atoms with Crippen molar-refractivity contribution in [2.24, 2.45) is 0 Å². The Morgan fingerprint density at radius 2 is 1.71 bits per heavy atom. The SMILES string of the molecule is CCOP(=O)(OCC)C(F)(F)[C@@H](C[N+](=O)[O-])c1ccc(OC)cc1. The van der Waals surface area contributed by atoms with Crippen molar-refractivity contribution in [3.63, 3.8) is 0 Å². The molecule has 24 heavy (non-hydrogen) atoms. The first-order valence-corrected chi connectivity index (χ1v) is 8.78. The van der Waals surface area contributed by atoms with E-state index < -0.39 is 30.6 Å². The molecule has 10 heteroatoms. The Hall–Kier alpha value is -1.57. The molecule has 1 rings (SSSR count). The van der Waals surface area contributed by atoms with Crippen molar-refractivity contribution in [2.45, 2.75) is 25.4 Å². The van der Waals surface area contributed by atoms with Crippen molar-refractivity contribution in [2.75, 3.05) is 26.9 Å². The van der Waals surface area contributed by atoms with Gasteiger partial charge in [0, 0.05) is 4.92 Å². The van der Waals surface area contributed by atoms with Crippen LogP contribution >= 0.6 is 7.60 Å². The van der Waals surface area contributed by atoms with E-state index in [1.54, 1.807) is 0 Å². The second-order valence-electron chi connectivity index (χ2n) is 4.76. The number of nitrogens with zero attached hydrogens (tertiary/aromatic N) is 1. The molecule has 136 valence electrons. The lowest BCUT2D eigenvalue weighted by atomic mass is 9.99. The van der Waals surface area contributed by atoms with Gasteiger partial charge in [0.25, 0.3) is 0 Å². The lowest BCUT2D eigenvalue weighted by Crippen LogP contribution is -2.33. The molecule has 0 fully saturated rings. The summed E-state index contributed by atoms with van der Waals surface area (Å²) in [6.07, 6.45) is 0. The molecule has 0 amide bonds. The number of benzene rings is 1. The fraction of sp³-hybridized carbons (Fsp3) is 0.571. The van der Waals surface area contributed by atoms with Crippen LogP contribution in [0.4, 0.5) is 8.78 Å². The number of ether oxygens (including phenoxy) is 1. The molecule has 0 aromatic heterocycles. The molecule has 0 aliphatic carbocycles. The van der Waals surface area contributed by atoms with Crippen LogP contribution < -0.4 is 4.74 Å². The first-order chi connectivity index (χ1) is 11.2. The highest BCUT2D eigenvalue weighted by Gasteiger charge is 2.60.